The van der Waals surface area contributed by atoms with Gasteiger partial charge in [-0.25, -0.2) is 4.39 Å². The first-order valence-corrected chi connectivity index (χ1v) is 8.07. The van der Waals surface area contributed by atoms with E-state index in [0.717, 1.165) is 17.8 Å². The van der Waals surface area contributed by atoms with E-state index in [1.807, 2.05) is 6.07 Å². The lowest BCUT2D eigenvalue weighted by molar-refractivity contribution is 0.386. The Bertz CT molecular complexity index is 479. The third kappa shape index (κ3) is 4.19. The monoisotopic (exact) mass is 292 g/mol. The summed E-state index contributed by atoms with van der Waals surface area (Å²) in [7, 11) is 0. The molecule has 1 saturated heterocycles. The van der Waals surface area contributed by atoms with E-state index in [4.69, 9.17) is 0 Å². The molecule has 1 aromatic rings. The van der Waals surface area contributed by atoms with Crippen LogP contribution in [-0.2, 0) is 6.54 Å². The van der Waals surface area contributed by atoms with Crippen molar-refractivity contribution in [3.05, 3.63) is 29.6 Å². The van der Waals surface area contributed by atoms with Crippen molar-refractivity contribution in [3.63, 3.8) is 0 Å². The summed E-state index contributed by atoms with van der Waals surface area (Å²) in [4.78, 5) is 2.39. The molecule has 0 spiro atoms. The molecule has 1 heterocycles. The van der Waals surface area contributed by atoms with Crippen molar-refractivity contribution in [3.8, 4) is 0 Å². The van der Waals surface area contributed by atoms with Gasteiger partial charge in [-0.15, -0.1) is 0 Å². The van der Waals surface area contributed by atoms with Gasteiger partial charge in [0.15, 0.2) is 0 Å². The number of benzene rings is 1. The van der Waals surface area contributed by atoms with Gasteiger partial charge in [0, 0.05) is 35.9 Å². The molecule has 21 heavy (non-hydrogen) atoms. The van der Waals surface area contributed by atoms with Crippen molar-refractivity contribution >= 4 is 5.69 Å². The normalized spacial score (nSPS) is 23.4. The number of piperidine rings is 1. The Morgan fingerprint density at radius 1 is 1.24 bits per heavy atom. The first-order valence-electron chi connectivity index (χ1n) is 8.07. The lowest BCUT2D eigenvalue weighted by atomic mass is 9.93. The summed E-state index contributed by atoms with van der Waals surface area (Å²) in [5.41, 5.74) is 1.85. The summed E-state index contributed by atoms with van der Waals surface area (Å²) >= 11 is 0. The van der Waals surface area contributed by atoms with Crippen LogP contribution >= 0.6 is 0 Å². The van der Waals surface area contributed by atoms with E-state index in [1.165, 1.54) is 12.8 Å². The molecule has 1 fully saturated rings. The summed E-state index contributed by atoms with van der Waals surface area (Å²) in [6.07, 6.45) is 2.45. The Labute approximate surface area is 128 Å². The van der Waals surface area contributed by atoms with Crippen LogP contribution in [0.1, 0.15) is 53.0 Å². The van der Waals surface area contributed by atoms with Crippen molar-refractivity contribution in [1.29, 1.82) is 0 Å². The van der Waals surface area contributed by atoms with E-state index in [2.05, 4.69) is 50.9 Å². The van der Waals surface area contributed by atoms with Gasteiger partial charge >= 0.3 is 0 Å². The van der Waals surface area contributed by atoms with Crippen LogP contribution < -0.4 is 10.2 Å². The molecule has 0 radical (unpaired) electrons. The number of hydrogen-bond donors (Lipinski definition) is 1. The summed E-state index contributed by atoms with van der Waals surface area (Å²) in [6.45, 7) is 12.5. The van der Waals surface area contributed by atoms with Crippen LogP contribution in [0.2, 0.25) is 0 Å². The molecule has 3 heteroatoms. The molecule has 2 nitrogen and oxygen atoms in total. The Hall–Kier alpha value is -1.09. The zero-order chi connectivity index (χ0) is 15.6. The van der Waals surface area contributed by atoms with Gasteiger partial charge in [-0.05, 0) is 58.6 Å². The van der Waals surface area contributed by atoms with Crippen molar-refractivity contribution < 1.29 is 4.39 Å². The van der Waals surface area contributed by atoms with E-state index in [1.54, 1.807) is 6.07 Å². The molecule has 0 saturated carbocycles. The van der Waals surface area contributed by atoms with E-state index in [0.29, 0.717) is 18.5 Å². The maximum atomic E-state index is 14.3. The van der Waals surface area contributed by atoms with Crippen LogP contribution in [0.3, 0.4) is 0 Å². The molecule has 0 bridgehead atoms. The number of rotatable bonds is 3. The number of halogens is 1. The smallest absolute Gasteiger partial charge is 0.129 e. The fourth-order valence-corrected chi connectivity index (χ4v) is 2.97. The van der Waals surface area contributed by atoms with Crippen molar-refractivity contribution in [2.75, 3.05) is 11.4 Å². The number of hydrogen-bond acceptors (Lipinski definition) is 2. The lowest BCUT2D eigenvalue weighted by Crippen LogP contribution is -2.42. The average molecular weight is 292 g/mol. The van der Waals surface area contributed by atoms with Gasteiger partial charge in [-0.3, -0.25) is 0 Å². The second-order valence-electron chi connectivity index (χ2n) is 7.52. The predicted molar refractivity (Wildman–Crippen MR) is 88.2 cm³/mol. The number of nitrogens with zero attached hydrogens (tertiary/aromatic N) is 1. The van der Waals surface area contributed by atoms with Gasteiger partial charge in [0.2, 0.25) is 0 Å². The minimum atomic E-state index is -0.102. The first-order chi connectivity index (χ1) is 9.78. The zero-order valence-corrected chi connectivity index (χ0v) is 14.0. The van der Waals surface area contributed by atoms with Gasteiger partial charge in [-0.2, -0.15) is 0 Å². The standard InChI is InChI=1S/C18H29FN2/c1-13-9-10-14(2)21(12-13)17-8-6-7-16(19)15(17)11-20-18(3,4)5/h6-8,13-14,20H,9-12H2,1-5H3. The average Bonchev–Trinajstić information content (AvgIpc) is 2.39. The van der Waals surface area contributed by atoms with Gasteiger partial charge in [-0.1, -0.05) is 13.0 Å². The fourth-order valence-electron chi connectivity index (χ4n) is 2.97. The summed E-state index contributed by atoms with van der Waals surface area (Å²) < 4.78 is 14.3. The van der Waals surface area contributed by atoms with Gasteiger partial charge in [0.25, 0.3) is 0 Å². The SMILES string of the molecule is CC1CCC(C)N(c2cccc(F)c2CNC(C)(C)C)C1. The highest BCUT2D eigenvalue weighted by Gasteiger charge is 2.26. The highest BCUT2D eigenvalue weighted by molar-refractivity contribution is 5.55. The molecule has 118 valence electrons. The molecular weight excluding hydrogens is 263 g/mol. The minimum Gasteiger partial charge on any atom is -0.368 e. The summed E-state index contributed by atoms with van der Waals surface area (Å²) in [6, 6.07) is 5.95. The second-order valence-corrected chi connectivity index (χ2v) is 7.52. The molecule has 1 aliphatic heterocycles. The van der Waals surface area contributed by atoms with E-state index in [-0.39, 0.29) is 11.4 Å². The predicted octanol–water partition coefficient (Wildman–Crippen LogP) is 4.34. The first kappa shape index (κ1) is 16.3. The van der Waals surface area contributed by atoms with Crippen molar-refractivity contribution in [2.45, 2.75) is 65.6 Å². The molecule has 0 amide bonds. The van der Waals surface area contributed by atoms with Crippen LogP contribution in [-0.4, -0.2) is 18.1 Å². The van der Waals surface area contributed by atoms with Crippen LogP contribution in [0, 0.1) is 11.7 Å². The van der Waals surface area contributed by atoms with Crippen LogP contribution in [0.4, 0.5) is 10.1 Å². The molecule has 2 atom stereocenters. The Balaban J connectivity index is 2.28. The van der Waals surface area contributed by atoms with Crippen molar-refractivity contribution in [1.82, 2.24) is 5.32 Å². The van der Waals surface area contributed by atoms with Crippen LogP contribution in [0.15, 0.2) is 18.2 Å². The highest BCUT2D eigenvalue weighted by Crippen LogP contribution is 2.31. The van der Waals surface area contributed by atoms with Crippen LogP contribution in [0.25, 0.3) is 0 Å². The van der Waals surface area contributed by atoms with Gasteiger partial charge < -0.3 is 10.2 Å². The largest absolute Gasteiger partial charge is 0.368 e. The maximum Gasteiger partial charge on any atom is 0.129 e. The Morgan fingerprint density at radius 3 is 2.62 bits per heavy atom. The minimum absolute atomic E-state index is 0.0135. The number of anilines is 1. The number of nitrogens with one attached hydrogen (secondary N) is 1. The van der Waals surface area contributed by atoms with E-state index >= 15 is 0 Å². The molecule has 2 rings (SSSR count). The molecule has 1 aliphatic rings. The van der Waals surface area contributed by atoms with E-state index in [9.17, 15) is 4.39 Å². The molecule has 1 aromatic carbocycles. The summed E-state index contributed by atoms with van der Waals surface area (Å²) in [5.74, 6) is 0.572. The maximum absolute atomic E-state index is 14.3. The van der Waals surface area contributed by atoms with Gasteiger partial charge in [0.1, 0.15) is 5.82 Å². The second kappa shape index (κ2) is 6.35. The summed E-state index contributed by atoms with van der Waals surface area (Å²) in [5, 5.41) is 3.42. The molecule has 2 unspecified atom stereocenters. The molecule has 0 aliphatic carbocycles. The lowest BCUT2D eigenvalue weighted by Gasteiger charge is -2.40. The molecular formula is C18H29FN2. The third-order valence-corrected chi connectivity index (χ3v) is 4.32. The third-order valence-electron chi connectivity index (χ3n) is 4.32. The zero-order valence-electron chi connectivity index (χ0n) is 14.0. The van der Waals surface area contributed by atoms with E-state index < -0.39 is 0 Å². The highest BCUT2D eigenvalue weighted by atomic mass is 19.1. The molecule has 1 N–H and O–H groups in total. The molecule has 0 aromatic heterocycles. The van der Waals surface area contributed by atoms with Crippen molar-refractivity contribution in [2.24, 2.45) is 5.92 Å². The van der Waals surface area contributed by atoms with Crippen LogP contribution in [0.5, 0.6) is 0 Å². The van der Waals surface area contributed by atoms with Gasteiger partial charge in [0.05, 0.1) is 0 Å². The topological polar surface area (TPSA) is 15.3 Å². The Kier molecular flexibility index (Phi) is 4.92. The Morgan fingerprint density at radius 2 is 1.95 bits per heavy atom. The fraction of sp³-hybridized carbons (Fsp3) is 0.667. The quantitative estimate of drug-likeness (QED) is 0.891.